The molecular formula is C17H21NO. The Balaban J connectivity index is 1.75. The molecule has 2 nitrogen and oxygen atoms in total. The molecule has 0 heterocycles. The quantitative estimate of drug-likeness (QED) is 0.765. The summed E-state index contributed by atoms with van der Waals surface area (Å²) >= 11 is 0. The highest BCUT2D eigenvalue weighted by molar-refractivity contribution is 5.28. The number of hydrogen-bond donors (Lipinski definition) is 1. The third kappa shape index (κ3) is 4.76. The molecule has 2 heteroatoms. The van der Waals surface area contributed by atoms with Gasteiger partial charge in [-0.15, -0.1) is 0 Å². The maximum absolute atomic E-state index is 5.49. The highest BCUT2D eigenvalue weighted by atomic mass is 16.5. The van der Waals surface area contributed by atoms with Gasteiger partial charge < -0.3 is 10.1 Å². The van der Waals surface area contributed by atoms with Gasteiger partial charge in [0.2, 0.25) is 0 Å². The third-order valence-corrected chi connectivity index (χ3v) is 2.97. The normalized spacial score (nSPS) is 10.4. The zero-order chi connectivity index (χ0) is 13.3. The van der Waals surface area contributed by atoms with Gasteiger partial charge in [-0.1, -0.05) is 42.5 Å². The minimum absolute atomic E-state index is 0.713. The summed E-state index contributed by atoms with van der Waals surface area (Å²) < 4.78 is 5.49. The summed E-state index contributed by atoms with van der Waals surface area (Å²) in [5.41, 5.74) is 2.64. The van der Waals surface area contributed by atoms with E-state index in [-0.39, 0.29) is 0 Å². The average molecular weight is 255 g/mol. The van der Waals surface area contributed by atoms with Crippen LogP contribution in [0.15, 0.2) is 54.6 Å². The maximum Gasteiger partial charge on any atom is 0.119 e. The zero-order valence-electron chi connectivity index (χ0n) is 11.4. The van der Waals surface area contributed by atoms with Gasteiger partial charge in [0.15, 0.2) is 0 Å². The Morgan fingerprint density at radius 3 is 2.53 bits per heavy atom. The van der Waals surface area contributed by atoms with Crippen LogP contribution in [-0.2, 0) is 13.0 Å². The van der Waals surface area contributed by atoms with E-state index in [9.17, 15) is 0 Å². The first-order valence-electron chi connectivity index (χ1n) is 6.85. The molecular weight excluding hydrogens is 234 g/mol. The van der Waals surface area contributed by atoms with Gasteiger partial charge in [-0.3, -0.25) is 0 Å². The molecule has 0 saturated heterocycles. The molecule has 19 heavy (non-hydrogen) atoms. The zero-order valence-corrected chi connectivity index (χ0v) is 11.4. The molecule has 0 unspecified atom stereocenters. The lowest BCUT2D eigenvalue weighted by Crippen LogP contribution is -2.16. The van der Waals surface area contributed by atoms with Crippen molar-refractivity contribution in [2.45, 2.75) is 19.9 Å². The van der Waals surface area contributed by atoms with E-state index < -0.39 is 0 Å². The Bertz CT molecular complexity index is 482. The molecule has 0 atom stereocenters. The van der Waals surface area contributed by atoms with Crippen LogP contribution in [0.3, 0.4) is 0 Å². The van der Waals surface area contributed by atoms with E-state index in [1.807, 2.05) is 19.1 Å². The van der Waals surface area contributed by atoms with Gasteiger partial charge in [-0.2, -0.15) is 0 Å². The van der Waals surface area contributed by atoms with Gasteiger partial charge in [0, 0.05) is 6.54 Å². The minimum atomic E-state index is 0.713. The van der Waals surface area contributed by atoms with Gasteiger partial charge >= 0.3 is 0 Å². The van der Waals surface area contributed by atoms with Crippen LogP contribution in [0.2, 0.25) is 0 Å². The topological polar surface area (TPSA) is 21.3 Å². The van der Waals surface area contributed by atoms with Crippen molar-refractivity contribution in [1.29, 1.82) is 0 Å². The van der Waals surface area contributed by atoms with Gasteiger partial charge in [-0.05, 0) is 43.1 Å². The molecule has 0 amide bonds. The van der Waals surface area contributed by atoms with Crippen LogP contribution >= 0.6 is 0 Å². The first kappa shape index (κ1) is 13.6. The highest BCUT2D eigenvalue weighted by Crippen LogP contribution is 2.12. The number of rotatable bonds is 7. The summed E-state index contributed by atoms with van der Waals surface area (Å²) in [6.07, 6.45) is 1.06. The summed E-state index contributed by atoms with van der Waals surface area (Å²) in [5, 5.41) is 3.46. The molecule has 0 aliphatic rings. The summed E-state index contributed by atoms with van der Waals surface area (Å²) in [7, 11) is 0. The van der Waals surface area contributed by atoms with E-state index >= 15 is 0 Å². The standard InChI is InChI=1S/C17H21NO/c1-2-19-17-10-6-9-16(13-17)14-18-12-11-15-7-4-3-5-8-15/h3-10,13,18H,2,11-12,14H2,1H3. The van der Waals surface area contributed by atoms with Crippen LogP contribution in [0.25, 0.3) is 0 Å². The predicted molar refractivity (Wildman–Crippen MR) is 79.5 cm³/mol. The molecule has 0 spiro atoms. The SMILES string of the molecule is CCOc1cccc(CNCCc2ccccc2)c1. The number of ether oxygens (including phenoxy) is 1. The molecule has 2 rings (SSSR count). The molecule has 2 aromatic rings. The second-order valence-corrected chi connectivity index (χ2v) is 4.49. The van der Waals surface area contributed by atoms with Crippen molar-refractivity contribution in [3.05, 3.63) is 65.7 Å². The second kappa shape index (κ2) is 7.59. The van der Waals surface area contributed by atoms with E-state index in [1.54, 1.807) is 0 Å². The fraction of sp³-hybridized carbons (Fsp3) is 0.294. The van der Waals surface area contributed by atoms with Crippen LogP contribution in [0.4, 0.5) is 0 Å². The van der Waals surface area contributed by atoms with E-state index in [1.165, 1.54) is 11.1 Å². The van der Waals surface area contributed by atoms with Gasteiger partial charge in [-0.25, -0.2) is 0 Å². The van der Waals surface area contributed by atoms with Crippen LogP contribution in [0, 0.1) is 0 Å². The molecule has 100 valence electrons. The molecule has 2 aromatic carbocycles. The third-order valence-electron chi connectivity index (χ3n) is 2.97. The van der Waals surface area contributed by atoms with Crippen LogP contribution < -0.4 is 10.1 Å². The molecule has 0 aromatic heterocycles. The molecule has 0 fully saturated rings. The van der Waals surface area contributed by atoms with Gasteiger partial charge in [0.05, 0.1) is 6.61 Å². The second-order valence-electron chi connectivity index (χ2n) is 4.49. The average Bonchev–Trinajstić information content (AvgIpc) is 2.46. The fourth-order valence-corrected chi connectivity index (χ4v) is 2.02. The van der Waals surface area contributed by atoms with E-state index in [0.29, 0.717) is 6.61 Å². The summed E-state index contributed by atoms with van der Waals surface area (Å²) in [6, 6.07) is 18.8. The number of nitrogens with one attached hydrogen (secondary N) is 1. The van der Waals surface area contributed by atoms with Gasteiger partial charge in [0.1, 0.15) is 5.75 Å². The lowest BCUT2D eigenvalue weighted by molar-refractivity contribution is 0.340. The molecule has 0 aliphatic carbocycles. The van der Waals surface area contributed by atoms with Crippen molar-refractivity contribution in [3.63, 3.8) is 0 Å². The number of hydrogen-bond acceptors (Lipinski definition) is 2. The molecule has 0 saturated carbocycles. The molecule has 0 bridgehead atoms. The summed E-state index contributed by atoms with van der Waals surface area (Å²) in [4.78, 5) is 0. The molecule has 0 aliphatic heterocycles. The summed E-state index contributed by atoms with van der Waals surface area (Å²) in [6.45, 7) is 4.59. The molecule has 1 N–H and O–H groups in total. The van der Waals surface area contributed by atoms with Crippen molar-refractivity contribution in [2.24, 2.45) is 0 Å². The maximum atomic E-state index is 5.49. The highest BCUT2D eigenvalue weighted by Gasteiger charge is 1.96. The summed E-state index contributed by atoms with van der Waals surface area (Å²) in [5.74, 6) is 0.949. The molecule has 0 radical (unpaired) electrons. The Morgan fingerprint density at radius 2 is 1.74 bits per heavy atom. The largest absolute Gasteiger partial charge is 0.494 e. The fourth-order valence-electron chi connectivity index (χ4n) is 2.02. The van der Waals surface area contributed by atoms with Crippen LogP contribution in [-0.4, -0.2) is 13.2 Å². The van der Waals surface area contributed by atoms with E-state index in [4.69, 9.17) is 4.74 Å². The number of benzene rings is 2. The Labute approximate surface area is 115 Å². The van der Waals surface area contributed by atoms with Crippen LogP contribution in [0.1, 0.15) is 18.1 Å². The van der Waals surface area contributed by atoms with Crippen molar-refractivity contribution < 1.29 is 4.74 Å². The van der Waals surface area contributed by atoms with Crippen molar-refractivity contribution in [1.82, 2.24) is 5.32 Å². The predicted octanol–water partition coefficient (Wildman–Crippen LogP) is 3.42. The minimum Gasteiger partial charge on any atom is -0.494 e. The Kier molecular flexibility index (Phi) is 5.45. The lowest BCUT2D eigenvalue weighted by atomic mass is 10.1. The van der Waals surface area contributed by atoms with Gasteiger partial charge in [0.25, 0.3) is 0 Å². The first-order valence-corrected chi connectivity index (χ1v) is 6.85. The van der Waals surface area contributed by atoms with Crippen molar-refractivity contribution in [2.75, 3.05) is 13.2 Å². The monoisotopic (exact) mass is 255 g/mol. The Morgan fingerprint density at radius 1 is 0.947 bits per heavy atom. The van der Waals surface area contributed by atoms with E-state index in [2.05, 4.69) is 47.8 Å². The van der Waals surface area contributed by atoms with E-state index in [0.717, 1.165) is 25.3 Å². The van der Waals surface area contributed by atoms with Crippen LogP contribution in [0.5, 0.6) is 5.75 Å². The Hall–Kier alpha value is -1.80. The first-order chi connectivity index (χ1) is 9.38. The lowest BCUT2D eigenvalue weighted by Gasteiger charge is -2.07. The van der Waals surface area contributed by atoms with Crippen molar-refractivity contribution >= 4 is 0 Å². The smallest absolute Gasteiger partial charge is 0.119 e. The van der Waals surface area contributed by atoms with Crippen molar-refractivity contribution in [3.8, 4) is 5.75 Å².